The monoisotopic (exact) mass is 386 g/mol. The molecule has 0 N–H and O–H groups in total. The zero-order chi connectivity index (χ0) is 19.9. The van der Waals surface area contributed by atoms with Crippen LogP contribution in [0.5, 0.6) is 11.5 Å². The van der Waals surface area contributed by atoms with Crippen LogP contribution in [0.25, 0.3) is 0 Å². The van der Waals surface area contributed by atoms with Crippen LogP contribution in [0.2, 0.25) is 0 Å². The van der Waals surface area contributed by atoms with Crippen molar-refractivity contribution < 1.29 is 14.3 Å². The highest BCUT2D eigenvalue weighted by Gasteiger charge is 2.21. The first-order valence-electron chi connectivity index (χ1n) is 9.85. The minimum atomic E-state index is 0.0344. The highest BCUT2D eigenvalue weighted by atomic mass is 16.5. The molecule has 7 nitrogen and oxygen atoms in total. The predicted octanol–water partition coefficient (Wildman–Crippen LogP) is 2.24. The molecule has 0 aliphatic carbocycles. The zero-order valence-corrected chi connectivity index (χ0v) is 17.0. The zero-order valence-electron chi connectivity index (χ0n) is 17.0. The van der Waals surface area contributed by atoms with E-state index in [1.165, 1.54) is 0 Å². The molecule has 1 aliphatic heterocycles. The predicted molar refractivity (Wildman–Crippen MR) is 108 cm³/mol. The van der Waals surface area contributed by atoms with Crippen LogP contribution in [0.4, 0.5) is 0 Å². The molecule has 28 heavy (non-hydrogen) atoms. The average Bonchev–Trinajstić information content (AvgIpc) is 3.20. The number of benzene rings is 1. The molecule has 2 aromatic rings. The summed E-state index contributed by atoms with van der Waals surface area (Å²) in [5.74, 6) is 3.03. The Labute approximate surface area is 166 Å². The number of piperazine rings is 1. The lowest BCUT2D eigenvalue weighted by Crippen LogP contribution is -2.50. The van der Waals surface area contributed by atoms with Gasteiger partial charge in [-0.05, 0) is 24.3 Å². The molecule has 0 spiro atoms. The summed E-state index contributed by atoms with van der Waals surface area (Å²) in [6.07, 6.45) is 3.92. The van der Waals surface area contributed by atoms with E-state index in [-0.39, 0.29) is 12.5 Å². The van der Waals surface area contributed by atoms with Crippen molar-refractivity contribution in [1.82, 2.24) is 19.4 Å². The molecule has 1 amide bonds. The van der Waals surface area contributed by atoms with E-state index in [1.807, 2.05) is 41.6 Å². The fourth-order valence-corrected chi connectivity index (χ4v) is 3.39. The van der Waals surface area contributed by atoms with Crippen molar-refractivity contribution in [3.05, 3.63) is 42.5 Å². The van der Waals surface area contributed by atoms with E-state index in [0.717, 1.165) is 50.8 Å². The number of hydrogen-bond donors (Lipinski definition) is 0. The molecule has 1 aromatic heterocycles. The molecule has 0 bridgehead atoms. The third kappa shape index (κ3) is 5.25. The summed E-state index contributed by atoms with van der Waals surface area (Å²) in [6, 6.07) is 7.27. The molecular formula is C21H30N4O3. The molecule has 152 valence electrons. The summed E-state index contributed by atoms with van der Waals surface area (Å²) >= 11 is 0. The number of hydrogen-bond acceptors (Lipinski definition) is 5. The molecule has 1 aromatic carbocycles. The van der Waals surface area contributed by atoms with Crippen molar-refractivity contribution in [1.29, 1.82) is 0 Å². The molecule has 7 heteroatoms. The highest BCUT2D eigenvalue weighted by Crippen LogP contribution is 2.17. The van der Waals surface area contributed by atoms with Crippen LogP contribution < -0.4 is 9.47 Å². The second-order valence-corrected chi connectivity index (χ2v) is 7.32. The SMILES string of the molecule is COc1ccc(OCC(=O)N2CCN(CCn3ccnc3C(C)C)CC2)cc1. The van der Waals surface area contributed by atoms with E-state index in [4.69, 9.17) is 9.47 Å². The van der Waals surface area contributed by atoms with E-state index in [0.29, 0.717) is 11.7 Å². The maximum atomic E-state index is 12.4. The van der Waals surface area contributed by atoms with Gasteiger partial charge in [-0.2, -0.15) is 0 Å². The van der Waals surface area contributed by atoms with Crippen LogP contribution in [-0.2, 0) is 11.3 Å². The average molecular weight is 386 g/mol. The Bertz CT molecular complexity index is 749. The number of nitrogens with zero attached hydrogens (tertiary/aromatic N) is 4. The Hall–Kier alpha value is -2.54. The normalized spacial score (nSPS) is 15.1. The van der Waals surface area contributed by atoms with Crippen molar-refractivity contribution in [2.24, 2.45) is 0 Å². The number of carbonyl (C=O) groups excluding carboxylic acids is 1. The van der Waals surface area contributed by atoms with Crippen LogP contribution in [0.1, 0.15) is 25.6 Å². The Morgan fingerprint density at radius 2 is 1.75 bits per heavy atom. The summed E-state index contributed by atoms with van der Waals surface area (Å²) in [6.45, 7) is 9.56. The van der Waals surface area contributed by atoms with Crippen molar-refractivity contribution in [3.8, 4) is 11.5 Å². The van der Waals surface area contributed by atoms with E-state index < -0.39 is 0 Å². The third-order valence-electron chi connectivity index (χ3n) is 5.07. The molecule has 1 saturated heterocycles. The van der Waals surface area contributed by atoms with Gasteiger partial charge in [0.1, 0.15) is 17.3 Å². The number of rotatable bonds is 8. The lowest BCUT2D eigenvalue weighted by atomic mass is 10.2. The molecule has 0 radical (unpaired) electrons. The number of methoxy groups -OCH3 is 1. The second-order valence-electron chi connectivity index (χ2n) is 7.32. The van der Waals surface area contributed by atoms with Gasteiger partial charge in [-0.25, -0.2) is 4.98 Å². The largest absolute Gasteiger partial charge is 0.497 e. The Morgan fingerprint density at radius 1 is 1.07 bits per heavy atom. The fraction of sp³-hybridized carbons (Fsp3) is 0.524. The van der Waals surface area contributed by atoms with Gasteiger partial charge in [0.05, 0.1) is 7.11 Å². The summed E-state index contributed by atoms with van der Waals surface area (Å²) < 4.78 is 13.0. The van der Waals surface area contributed by atoms with Gasteiger partial charge in [-0.1, -0.05) is 13.8 Å². The Balaban J connectivity index is 1.39. The second kappa shape index (κ2) is 9.59. The lowest BCUT2D eigenvalue weighted by Gasteiger charge is -2.34. The highest BCUT2D eigenvalue weighted by molar-refractivity contribution is 5.77. The summed E-state index contributed by atoms with van der Waals surface area (Å²) in [5.41, 5.74) is 0. The van der Waals surface area contributed by atoms with Crippen LogP contribution >= 0.6 is 0 Å². The molecule has 2 heterocycles. The van der Waals surface area contributed by atoms with E-state index in [1.54, 1.807) is 7.11 Å². The first-order valence-corrected chi connectivity index (χ1v) is 9.85. The van der Waals surface area contributed by atoms with Gasteiger partial charge < -0.3 is 18.9 Å². The fourth-order valence-electron chi connectivity index (χ4n) is 3.39. The van der Waals surface area contributed by atoms with Gasteiger partial charge in [0.25, 0.3) is 5.91 Å². The number of amides is 1. The van der Waals surface area contributed by atoms with Gasteiger partial charge in [0, 0.05) is 57.6 Å². The van der Waals surface area contributed by atoms with Gasteiger partial charge in [0.2, 0.25) is 0 Å². The minimum absolute atomic E-state index is 0.0344. The van der Waals surface area contributed by atoms with E-state index in [9.17, 15) is 4.79 Å². The molecule has 0 atom stereocenters. The van der Waals surface area contributed by atoms with Crippen LogP contribution in [0, 0.1) is 0 Å². The van der Waals surface area contributed by atoms with Crippen LogP contribution in [-0.4, -0.2) is 71.7 Å². The number of aromatic nitrogens is 2. The quantitative estimate of drug-likeness (QED) is 0.696. The van der Waals surface area contributed by atoms with Crippen molar-refractivity contribution >= 4 is 5.91 Å². The molecule has 3 rings (SSSR count). The van der Waals surface area contributed by atoms with Crippen molar-refractivity contribution in [2.75, 3.05) is 46.4 Å². The Morgan fingerprint density at radius 3 is 2.39 bits per heavy atom. The van der Waals surface area contributed by atoms with Gasteiger partial charge in [-0.3, -0.25) is 9.69 Å². The lowest BCUT2D eigenvalue weighted by molar-refractivity contribution is -0.135. The first-order chi connectivity index (χ1) is 13.6. The maximum Gasteiger partial charge on any atom is 0.260 e. The first kappa shape index (κ1) is 20.2. The minimum Gasteiger partial charge on any atom is -0.497 e. The van der Waals surface area contributed by atoms with E-state index >= 15 is 0 Å². The maximum absolute atomic E-state index is 12.4. The van der Waals surface area contributed by atoms with Crippen molar-refractivity contribution in [3.63, 3.8) is 0 Å². The molecule has 0 unspecified atom stereocenters. The van der Waals surface area contributed by atoms with Crippen LogP contribution in [0.3, 0.4) is 0 Å². The smallest absolute Gasteiger partial charge is 0.260 e. The molecule has 1 aliphatic rings. The third-order valence-corrected chi connectivity index (χ3v) is 5.07. The number of carbonyl (C=O) groups is 1. The van der Waals surface area contributed by atoms with Gasteiger partial charge >= 0.3 is 0 Å². The Kier molecular flexibility index (Phi) is 6.92. The number of ether oxygens (including phenoxy) is 2. The number of imidazole rings is 1. The summed E-state index contributed by atoms with van der Waals surface area (Å²) in [7, 11) is 1.62. The standard InChI is InChI=1S/C21H30N4O3/c1-17(2)21-22-8-9-25(21)15-12-23-10-13-24(14-11-23)20(26)16-28-19-6-4-18(27-3)5-7-19/h4-9,17H,10-16H2,1-3H3. The molecular weight excluding hydrogens is 356 g/mol. The molecule has 1 fully saturated rings. The van der Waals surface area contributed by atoms with E-state index in [2.05, 4.69) is 28.3 Å². The van der Waals surface area contributed by atoms with Gasteiger partial charge in [-0.15, -0.1) is 0 Å². The van der Waals surface area contributed by atoms with Crippen LogP contribution in [0.15, 0.2) is 36.7 Å². The topological polar surface area (TPSA) is 59.8 Å². The van der Waals surface area contributed by atoms with Gasteiger partial charge in [0.15, 0.2) is 6.61 Å². The summed E-state index contributed by atoms with van der Waals surface area (Å²) in [4.78, 5) is 21.1. The van der Waals surface area contributed by atoms with Crippen molar-refractivity contribution in [2.45, 2.75) is 26.3 Å². The molecule has 0 saturated carbocycles. The summed E-state index contributed by atoms with van der Waals surface area (Å²) in [5, 5.41) is 0.